The highest BCUT2D eigenvalue weighted by molar-refractivity contribution is 5.76. The van der Waals surface area contributed by atoms with E-state index in [2.05, 4.69) is 4.90 Å². The van der Waals surface area contributed by atoms with Crippen LogP contribution in [-0.2, 0) is 4.79 Å². The molecule has 0 radical (unpaired) electrons. The van der Waals surface area contributed by atoms with Gasteiger partial charge < -0.3 is 5.73 Å². The fraction of sp³-hybridized carbons (Fsp3) is 0.923. The zero-order chi connectivity index (χ0) is 14.9. The number of rotatable bonds is 2. The van der Waals surface area contributed by atoms with Crippen molar-refractivity contribution in [1.29, 1.82) is 0 Å². The second-order valence-corrected chi connectivity index (χ2v) is 5.94. The number of piperidine rings is 2. The zero-order valence-electron chi connectivity index (χ0n) is 11.7. The highest BCUT2D eigenvalue weighted by Crippen LogP contribution is 2.33. The van der Waals surface area contributed by atoms with Crippen LogP contribution < -0.4 is 5.73 Å². The Labute approximate surface area is 117 Å². The van der Waals surface area contributed by atoms with Gasteiger partial charge in [-0.25, -0.2) is 0 Å². The van der Waals surface area contributed by atoms with E-state index in [0.717, 1.165) is 25.9 Å². The minimum Gasteiger partial charge on any atom is -0.369 e. The quantitative estimate of drug-likeness (QED) is 0.832. The molecule has 20 heavy (non-hydrogen) atoms. The van der Waals surface area contributed by atoms with Crippen molar-refractivity contribution >= 4 is 5.91 Å². The zero-order valence-corrected chi connectivity index (χ0v) is 11.7. The molecule has 0 aromatic heterocycles. The Kier molecular flexibility index (Phi) is 4.59. The molecule has 0 saturated carbocycles. The lowest BCUT2D eigenvalue weighted by atomic mass is 9.92. The Bertz CT molecular complexity index is 353. The summed E-state index contributed by atoms with van der Waals surface area (Å²) in [6.07, 6.45) is -1.98. The van der Waals surface area contributed by atoms with Crippen LogP contribution in [0.5, 0.6) is 0 Å². The van der Waals surface area contributed by atoms with E-state index in [9.17, 15) is 18.0 Å². The number of alkyl halides is 3. The van der Waals surface area contributed by atoms with Crippen LogP contribution >= 0.6 is 0 Å². The number of hydrogen-bond donors (Lipinski definition) is 1. The van der Waals surface area contributed by atoms with Gasteiger partial charge in [-0.3, -0.25) is 14.6 Å². The molecular formula is C13H22F3N3O. The Balaban J connectivity index is 1.86. The molecule has 0 spiro atoms. The second-order valence-electron chi connectivity index (χ2n) is 5.94. The van der Waals surface area contributed by atoms with E-state index in [0.29, 0.717) is 13.0 Å². The first-order valence-corrected chi connectivity index (χ1v) is 7.09. The second kappa shape index (κ2) is 5.89. The number of likely N-dealkylation sites (N-methyl/N-ethyl adjacent to an activating group) is 1. The molecule has 116 valence electrons. The largest absolute Gasteiger partial charge is 0.404 e. The number of amides is 1. The molecule has 2 aliphatic heterocycles. The minimum absolute atomic E-state index is 0.0736. The van der Waals surface area contributed by atoms with E-state index in [1.165, 1.54) is 4.90 Å². The standard InChI is InChI=1S/C13H22F3N3O/c1-18-8-10(2-3-11(18)13(14,15)16)19-6-4-9(5-7-19)12(17)20/h9-11H,2-8H2,1H3,(H2,17,20)/t10-,11+/m0/s1. The molecular weight excluding hydrogens is 271 g/mol. The van der Waals surface area contributed by atoms with Crippen LogP contribution in [0, 0.1) is 5.92 Å². The van der Waals surface area contributed by atoms with E-state index >= 15 is 0 Å². The average Bonchev–Trinajstić information content (AvgIpc) is 2.37. The fourth-order valence-electron chi connectivity index (χ4n) is 3.38. The third kappa shape index (κ3) is 3.44. The number of carbonyl (C=O) groups excluding carboxylic acids is 1. The van der Waals surface area contributed by atoms with Gasteiger partial charge >= 0.3 is 6.18 Å². The number of carbonyl (C=O) groups is 1. The molecule has 2 atom stereocenters. The average molecular weight is 293 g/mol. The number of halogens is 3. The molecule has 0 bridgehead atoms. The molecule has 2 heterocycles. The molecule has 0 unspecified atom stereocenters. The van der Waals surface area contributed by atoms with Gasteiger partial charge in [-0.2, -0.15) is 13.2 Å². The van der Waals surface area contributed by atoms with Crippen LogP contribution in [0.3, 0.4) is 0 Å². The van der Waals surface area contributed by atoms with Crippen LogP contribution in [0.4, 0.5) is 13.2 Å². The Morgan fingerprint density at radius 2 is 1.75 bits per heavy atom. The molecule has 7 heteroatoms. The predicted octanol–water partition coefficient (Wildman–Crippen LogP) is 1.21. The van der Waals surface area contributed by atoms with E-state index in [-0.39, 0.29) is 24.3 Å². The first kappa shape index (κ1) is 15.6. The maximum atomic E-state index is 12.8. The molecule has 2 N–H and O–H groups in total. The van der Waals surface area contributed by atoms with Crippen LogP contribution in [0.1, 0.15) is 25.7 Å². The van der Waals surface area contributed by atoms with E-state index < -0.39 is 12.2 Å². The van der Waals surface area contributed by atoms with E-state index in [4.69, 9.17) is 5.73 Å². The van der Waals surface area contributed by atoms with Crippen LogP contribution in [-0.4, -0.2) is 60.6 Å². The first-order valence-electron chi connectivity index (χ1n) is 7.09. The number of nitrogens with two attached hydrogens (primary N) is 1. The van der Waals surface area contributed by atoms with Gasteiger partial charge in [0.15, 0.2) is 0 Å². The summed E-state index contributed by atoms with van der Waals surface area (Å²) in [5.41, 5.74) is 5.29. The normalized spacial score (nSPS) is 31.4. The Morgan fingerprint density at radius 3 is 2.20 bits per heavy atom. The van der Waals surface area contributed by atoms with Gasteiger partial charge in [0.2, 0.25) is 5.91 Å². The summed E-state index contributed by atoms with van der Waals surface area (Å²) in [5, 5.41) is 0. The smallest absolute Gasteiger partial charge is 0.369 e. The molecule has 2 rings (SSSR count). The van der Waals surface area contributed by atoms with Crippen molar-refractivity contribution < 1.29 is 18.0 Å². The summed E-state index contributed by atoms with van der Waals surface area (Å²) in [6, 6.07) is -1.16. The summed E-state index contributed by atoms with van der Waals surface area (Å²) in [7, 11) is 1.54. The van der Waals surface area contributed by atoms with Crippen molar-refractivity contribution in [2.45, 2.75) is 43.9 Å². The first-order chi connectivity index (χ1) is 9.29. The topological polar surface area (TPSA) is 49.6 Å². The van der Waals surface area contributed by atoms with Crippen LogP contribution in [0.25, 0.3) is 0 Å². The van der Waals surface area contributed by atoms with Crippen molar-refractivity contribution in [3.05, 3.63) is 0 Å². The minimum atomic E-state index is -4.14. The monoisotopic (exact) mass is 293 g/mol. The van der Waals surface area contributed by atoms with Gasteiger partial charge in [0.25, 0.3) is 0 Å². The van der Waals surface area contributed by atoms with Gasteiger partial charge in [0.05, 0.1) is 0 Å². The van der Waals surface area contributed by atoms with Gasteiger partial charge in [-0.15, -0.1) is 0 Å². The van der Waals surface area contributed by atoms with Gasteiger partial charge in [0, 0.05) is 18.5 Å². The lowest BCUT2D eigenvalue weighted by molar-refractivity contribution is -0.191. The highest BCUT2D eigenvalue weighted by atomic mass is 19.4. The molecule has 1 amide bonds. The van der Waals surface area contributed by atoms with E-state index in [1.807, 2.05) is 0 Å². The van der Waals surface area contributed by atoms with Crippen molar-refractivity contribution in [1.82, 2.24) is 9.80 Å². The molecule has 2 saturated heterocycles. The summed E-state index contributed by atoms with van der Waals surface area (Å²) in [4.78, 5) is 14.7. The molecule has 0 aromatic carbocycles. The fourth-order valence-corrected chi connectivity index (χ4v) is 3.38. The van der Waals surface area contributed by atoms with Gasteiger partial charge in [-0.1, -0.05) is 0 Å². The van der Waals surface area contributed by atoms with Crippen molar-refractivity contribution in [2.75, 3.05) is 26.7 Å². The lowest BCUT2D eigenvalue weighted by Gasteiger charge is -2.44. The predicted molar refractivity (Wildman–Crippen MR) is 69.0 cm³/mol. The third-order valence-electron chi connectivity index (χ3n) is 4.63. The number of nitrogens with zero attached hydrogens (tertiary/aromatic N) is 2. The lowest BCUT2D eigenvalue weighted by Crippen LogP contribution is -2.56. The number of hydrogen-bond acceptors (Lipinski definition) is 3. The van der Waals surface area contributed by atoms with Crippen LogP contribution in [0.2, 0.25) is 0 Å². The molecule has 2 aliphatic rings. The SMILES string of the molecule is CN1C[C@@H](N2CCC(C(N)=O)CC2)CC[C@@H]1C(F)(F)F. The van der Waals surface area contributed by atoms with Gasteiger partial charge in [-0.05, 0) is 45.8 Å². The molecule has 2 fully saturated rings. The number of primary amides is 1. The molecule has 4 nitrogen and oxygen atoms in total. The summed E-state index contributed by atoms with van der Waals surface area (Å²) < 4.78 is 38.4. The Morgan fingerprint density at radius 1 is 1.15 bits per heavy atom. The van der Waals surface area contributed by atoms with Crippen LogP contribution in [0.15, 0.2) is 0 Å². The van der Waals surface area contributed by atoms with Crippen molar-refractivity contribution in [3.63, 3.8) is 0 Å². The maximum Gasteiger partial charge on any atom is 0.404 e. The molecule has 0 aliphatic carbocycles. The Hall–Kier alpha value is -0.820. The molecule has 0 aromatic rings. The summed E-state index contributed by atoms with van der Waals surface area (Å²) >= 11 is 0. The third-order valence-corrected chi connectivity index (χ3v) is 4.63. The van der Waals surface area contributed by atoms with Crippen molar-refractivity contribution in [2.24, 2.45) is 11.7 Å². The van der Waals surface area contributed by atoms with Gasteiger partial charge in [0.1, 0.15) is 6.04 Å². The maximum absolute atomic E-state index is 12.8. The summed E-state index contributed by atoms with van der Waals surface area (Å²) in [5.74, 6) is -0.335. The highest BCUT2D eigenvalue weighted by Gasteiger charge is 2.45. The van der Waals surface area contributed by atoms with E-state index in [1.54, 1.807) is 7.05 Å². The summed E-state index contributed by atoms with van der Waals surface area (Å²) in [6.45, 7) is 1.94. The number of likely N-dealkylation sites (tertiary alicyclic amines) is 2. The van der Waals surface area contributed by atoms with Crippen molar-refractivity contribution in [3.8, 4) is 0 Å².